The van der Waals surface area contributed by atoms with Crippen LogP contribution in [0.4, 0.5) is 0 Å². The van der Waals surface area contributed by atoms with Gasteiger partial charge in [-0.05, 0) is 51.3 Å². The van der Waals surface area contributed by atoms with E-state index in [9.17, 15) is 14.4 Å². The van der Waals surface area contributed by atoms with Crippen molar-refractivity contribution in [3.8, 4) is 0 Å². The molecule has 1 atom stereocenters. The minimum Gasteiger partial charge on any atom is -0.465 e. The molecule has 1 aliphatic heterocycles. The molecule has 0 N–H and O–H groups in total. The number of aromatic nitrogens is 1. The third kappa shape index (κ3) is 6.33. The fraction of sp³-hybridized carbons (Fsp3) is 0.524. The Balaban J connectivity index is 1.70. The second kappa shape index (κ2) is 11.2. The van der Waals surface area contributed by atoms with Crippen LogP contribution in [-0.2, 0) is 25.7 Å². The number of esters is 1. The van der Waals surface area contributed by atoms with E-state index < -0.39 is 5.97 Å². The van der Waals surface area contributed by atoms with Crippen LogP contribution in [0.25, 0.3) is 10.2 Å². The smallest absolute Gasteiger partial charge is 0.326 e. The van der Waals surface area contributed by atoms with E-state index in [-0.39, 0.29) is 42.5 Å². The number of hydrogen-bond donors (Lipinski definition) is 0. The van der Waals surface area contributed by atoms with Crippen LogP contribution in [-0.4, -0.2) is 57.9 Å². The van der Waals surface area contributed by atoms with Gasteiger partial charge in [0.1, 0.15) is 6.54 Å². The van der Waals surface area contributed by atoms with Gasteiger partial charge in [-0.15, -0.1) is 11.8 Å². The zero-order valence-corrected chi connectivity index (χ0v) is 20.0. The monoisotopic (exact) mass is 483 g/mol. The molecular weight excluding hydrogens is 458 g/mol. The summed E-state index contributed by atoms with van der Waals surface area (Å²) in [5, 5.41) is 0.566. The minimum absolute atomic E-state index is 0.0416. The molecule has 0 bridgehead atoms. The number of carbonyl (C=O) groups excluding carboxylic acids is 3. The molecule has 1 fully saturated rings. The predicted octanol–water partition coefficient (Wildman–Crippen LogP) is 3.48. The summed E-state index contributed by atoms with van der Waals surface area (Å²) in [5.41, 5.74) is 0.760. The maximum absolute atomic E-state index is 12.5. The Morgan fingerprint density at radius 1 is 1.29 bits per heavy atom. The highest BCUT2D eigenvalue weighted by Crippen LogP contribution is 2.22. The summed E-state index contributed by atoms with van der Waals surface area (Å²) in [6.45, 7) is 4.83. The third-order valence-electron chi connectivity index (χ3n) is 5.03. The number of piperidine rings is 1. The molecule has 0 radical (unpaired) electrons. The number of nitrogens with zero attached hydrogens (tertiary/aromatic N) is 3. The summed E-state index contributed by atoms with van der Waals surface area (Å²) in [6.07, 6.45) is 3.22. The van der Waals surface area contributed by atoms with Gasteiger partial charge in [0.15, 0.2) is 4.80 Å². The number of halogens is 1. The highest BCUT2D eigenvalue weighted by atomic mass is 35.5. The predicted molar refractivity (Wildman–Crippen MR) is 124 cm³/mol. The molecule has 2 aromatic rings. The van der Waals surface area contributed by atoms with Gasteiger partial charge >= 0.3 is 5.97 Å². The first-order valence-corrected chi connectivity index (χ1v) is 12.6. The Kier molecular flexibility index (Phi) is 8.57. The number of hydrogen-bond acceptors (Lipinski definition) is 6. The maximum atomic E-state index is 12.5. The number of fused-ring (bicyclic) bond motifs is 1. The fourth-order valence-electron chi connectivity index (χ4n) is 3.54. The molecule has 1 aromatic carbocycles. The molecule has 2 amide bonds. The number of benzene rings is 1. The van der Waals surface area contributed by atoms with Crippen molar-refractivity contribution in [2.24, 2.45) is 4.99 Å². The Hall–Kier alpha value is -1.84. The van der Waals surface area contributed by atoms with Gasteiger partial charge in [0, 0.05) is 17.6 Å². The van der Waals surface area contributed by atoms with Gasteiger partial charge < -0.3 is 14.2 Å². The molecule has 10 heteroatoms. The van der Waals surface area contributed by atoms with E-state index in [1.165, 1.54) is 23.1 Å². The molecule has 168 valence electrons. The van der Waals surface area contributed by atoms with Crippen LogP contribution in [0.3, 0.4) is 0 Å². The Morgan fingerprint density at radius 2 is 2.10 bits per heavy atom. The minimum atomic E-state index is -0.401. The number of amides is 2. The number of thiazole rings is 1. The molecule has 0 saturated carbocycles. The van der Waals surface area contributed by atoms with Crippen LogP contribution < -0.4 is 4.80 Å². The fourth-order valence-corrected chi connectivity index (χ4v) is 5.54. The quantitative estimate of drug-likeness (QED) is 0.563. The van der Waals surface area contributed by atoms with E-state index in [0.29, 0.717) is 9.82 Å². The normalized spacial score (nSPS) is 17.2. The largest absolute Gasteiger partial charge is 0.465 e. The number of carbonyl (C=O) groups is 3. The zero-order chi connectivity index (χ0) is 22.4. The molecule has 1 unspecified atom stereocenters. The van der Waals surface area contributed by atoms with Gasteiger partial charge in [0.2, 0.25) is 5.91 Å². The van der Waals surface area contributed by atoms with Crippen molar-refractivity contribution in [2.45, 2.75) is 45.7 Å². The second-order valence-corrected chi connectivity index (χ2v) is 9.75. The van der Waals surface area contributed by atoms with E-state index in [2.05, 4.69) is 11.9 Å². The van der Waals surface area contributed by atoms with Crippen LogP contribution >= 0.6 is 34.7 Å². The van der Waals surface area contributed by atoms with Crippen molar-refractivity contribution >= 4 is 62.7 Å². The van der Waals surface area contributed by atoms with E-state index in [0.717, 1.165) is 36.0 Å². The Labute approximate surface area is 194 Å². The van der Waals surface area contributed by atoms with Crippen molar-refractivity contribution in [2.75, 3.05) is 24.7 Å². The summed E-state index contributed by atoms with van der Waals surface area (Å²) < 4.78 is 7.54. The average Bonchev–Trinajstić information content (AvgIpc) is 3.04. The summed E-state index contributed by atoms with van der Waals surface area (Å²) in [5.74, 6) is -0.320. The molecule has 2 heterocycles. The van der Waals surface area contributed by atoms with Crippen molar-refractivity contribution in [1.29, 1.82) is 0 Å². The van der Waals surface area contributed by atoms with E-state index in [1.54, 1.807) is 29.7 Å². The summed E-state index contributed by atoms with van der Waals surface area (Å²) in [4.78, 5) is 43.5. The molecule has 1 saturated heterocycles. The third-order valence-corrected chi connectivity index (χ3v) is 7.21. The molecule has 7 nitrogen and oxygen atoms in total. The lowest BCUT2D eigenvalue weighted by atomic mass is 10.0. The van der Waals surface area contributed by atoms with Gasteiger partial charge in [0.25, 0.3) is 5.91 Å². The van der Waals surface area contributed by atoms with Crippen LogP contribution in [0.2, 0.25) is 5.02 Å². The van der Waals surface area contributed by atoms with Gasteiger partial charge in [0.05, 0.1) is 28.3 Å². The van der Waals surface area contributed by atoms with Gasteiger partial charge in [-0.2, -0.15) is 4.99 Å². The number of thioether (sulfide) groups is 1. The summed E-state index contributed by atoms with van der Waals surface area (Å²) >= 11 is 8.64. The lowest BCUT2D eigenvalue weighted by molar-refractivity contribution is -0.143. The lowest BCUT2D eigenvalue weighted by Gasteiger charge is -2.33. The molecule has 31 heavy (non-hydrogen) atoms. The van der Waals surface area contributed by atoms with Gasteiger partial charge in [-0.3, -0.25) is 14.4 Å². The second-order valence-electron chi connectivity index (χ2n) is 7.32. The molecule has 1 aliphatic rings. The van der Waals surface area contributed by atoms with Crippen molar-refractivity contribution in [3.63, 3.8) is 0 Å². The van der Waals surface area contributed by atoms with E-state index >= 15 is 0 Å². The highest BCUT2D eigenvalue weighted by Gasteiger charge is 2.23. The highest BCUT2D eigenvalue weighted by molar-refractivity contribution is 8.00. The van der Waals surface area contributed by atoms with Crippen LogP contribution in [0.5, 0.6) is 0 Å². The number of likely N-dealkylation sites (tertiary alicyclic amines) is 1. The molecular formula is C21H26ClN3O4S2. The van der Waals surface area contributed by atoms with Crippen LogP contribution in [0.1, 0.15) is 33.1 Å². The van der Waals surface area contributed by atoms with Crippen LogP contribution in [0.15, 0.2) is 23.2 Å². The van der Waals surface area contributed by atoms with E-state index in [4.69, 9.17) is 16.3 Å². The van der Waals surface area contributed by atoms with Gasteiger partial charge in [-0.25, -0.2) is 0 Å². The van der Waals surface area contributed by atoms with Gasteiger partial charge in [-0.1, -0.05) is 22.9 Å². The van der Waals surface area contributed by atoms with Crippen molar-refractivity contribution < 1.29 is 19.1 Å². The summed E-state index contributed by atoms with van der Waals surface area (Å²) in [7, 11) is 0. The van der Waals surface area contributed by atoms with Crippen LogP contribution in [0, 0.1) is 0 Å². The first-order chi connectivity index (χ1) is 14.9. The molecule has 1 aromatic heterocycles. The number of rotatable bonds is 7. The SMILES string of the molecule is CCOC(=O)Cn1c(=NC(=O)CSCC(=O)N2CCCCC2C)sc2cc(Cl)ccc21. The van der Waals surface area contributed by atoms with Crippen molar-refractivity contribution in [1.82, 2.24) is 9.47 Å². The van der Waals surface area contributed by atoms with E-state index in [1.807, 2.05) is 4.90 Å². The molecule has 0 spiro atoms. The van der Waals surface area contributed by atoms with Crippen molar-refractivity contribution in [3.05, 3.63) is 28.0 Å². The zero-order valence-electron chi connectivity index (χ0n) is 17.6. The number of ether oxygens (including phenoxy) is 1. The molecule has 0 aliphatic carbocycles. The summed E-state index contributed by atoms with van der Waals surface area (Å²) in [6, 6.07) is 5.56. The first-order valence-electron chi connectivity index (χ1n) is 10.3. The Morgan fingerprint density at radius 3 is 2.84 bits per heavy atom. The topological polar surface area (TPSA) is 81.0 Å². The molecule has 3 rings (SSSR count). The lowest BCUT2D eigenvalue weighted by Crippen LogP contribution is -2.43. The average molecular weight is 484 g/mol. The first kappa shape index (κ1) is 23.8. The maximum Gasteiger partial charge on any atom is 0.326 e. The standard InChI is InChI=1S/C21H26ClN3O4S2/c1-3-29-20(28)11-25-16-8-7-15(22)10-17(16)31-21(25)23-18(26)12-30-13-19(27)24-9-5-4-6-14(24)2/h7-8,10,14H,3-6,9,11-13H2,1-2H3. The Bertz CT molecular complexity index is 1030.